The molecule has 2 saturated heterocycles. The molecule has 0 aromatic heterocycles. The van der Waals surface area contributed by atoms with Gasteiger partial charge in [0.2, 0.25) is 5.79 Å². The summed E-state index contributed by atoms with van der Waals surface area (Å²) < 4.78 is 23.7. The number of hydrogen-bond acceptors (Lipinski definition) is 8. The molecule has 2 bridgehead atoms. The van der Waals surface area contributed by atoms with Gasteiger partial charge in [0.25, 0.3) is 0 Å². The van der Waals surface area contributed by atoms with Crippen molar-refractivity contribution in [2.24, 2.45) is 0 Å². The molecule has 1 aromatic carbocycles. The van der Waals surface area contributed by atoms with Crippen LogP contribution in [0.15, 0.2) is 24.0 Å². The van der Waals surface area contributed by atoms with E-state index in [-0.39, 0.29) is 25.2 Å². The minimum Gasteiger partial charge on any atom is -0.494 e. The van der Waals surface area contributed by atoms with Crippen molar-refractivity contribution in [1.82, 2.24) is 4.90 Å². The zero-order chi connectivity index (χ0) is 23.2. The van der Waals surface area contributed by atoms with E-state index >= 15 is 0 Å². The van der Waals surface area contributed by atoms with E-state index in [1.807, 2.05) is 12.1 Å². The van der Waals surface area contributed by atoms with Crippen LogP contribution < -0.4 is 4.74 Å². The summed E-state index contributed by atoms with van der Waals surface area (Å²) in [6.45, 7) is 4.43. The highest BCUT2D eigenvalue weighted by Gasteiger charge is 2.71. The molecule has 8 heteroatoms. The number of carbonyl (C=O) groups is 1. The fourth-order valence-electron chi connectivity index (χ4n) is 6.85. The molecule has 5 atom stereocenters. The second-order valence-electron chi connectivity index (χ2n) is 10.5. The lowest BCUT2D eigenvalue weighted by atomic mass is 9.50. The first-order chi connectivity index (χ1) is 15.7. The van der Waals surface area contributed by atoms with Crippen LogP contribution in [0.5, 0.6) is 5.75 Å². The highest BCUT2D eigenvalue weighted by atomic mass is 16.8. The van der Waals surface area contributed by atoms with Crippen LogP contribution in [0.4, 0.5) is 0 Å². The lowest BCUT2D eigenvalue weighted by Crippen LogP contribution is -2.74. The van der Waals surface area contributed by atoms with Crippen LogP contribution in [-0.2, 0) is 37.4 Å². The van der Waals surface area contributed by atoms with Crippen molar-refractivity contribution in [3.05, 3.63) is 40.7 Å². The normalized spacial score (nSPS) is 37.8. The summed E-state index contributed by atoms with van der Waals surface area (Å²) in [4.78, 5) is 14.3. The Morgan fingerprint density at radius 2 is 2.12 bits per heavy atom. The van der Waals surface area contributed by atoms with Crippen LogP contribution in [0, 0.1) is 0 Å². The third kappa shape index (κ3) is 2.75. The van der Waals surface area contributed by atoms with Gasteiger partial charge in [-0.05, 0) is 38.1 Å². The van der Waals surface area contributed by atoms with Crippen LogP contribution in [0.3, 0.4) is 0 Å². The van der Waals surface area contributed by atoms with Gasteiger partial charge in [-0.2, -0.15) is 0 Å². The Morgan fingerprint density at radius 3 is 2.85 bits per heavy atom. The van der Waals surface area contributed by atoms with Gasteiger partial charge in [-0.15, -0.1) is 0 Å². The smallest absolute Gasteiger partial charge is 0.338 e. The van der Waals surface area contributed by atoms with Gasteiger partial charge in [-0.1, -0.05) is 12.1 Å². The minimum absolute atomic E-state index is 0.0162. The number of nitrogens with zero attached hydrogens (tertiary/aromatic N) is 1. The van der Waals surface area contributed by atoms with Gasteiger partial charge in [-0.25, -0.2) is 4.79 Å². The Labute approximate surface area is 193 Å². The maximum Gasteiger partial charge on any atom is 0.338 e. The van der Waals surface area contributed by atoms with Gasteiger partial charge < -0.3 is 34.1 Å². The summed E-state index contributed by atoms with van der Waals surface area (Å²) in [5, 5.41) is 22.2. The van der Waals surface area contributed by atoms with Crippen LogP contribution >= 0.6 is 0 Å². The summed E-state index contributed by atoms with van der Waals surface area (Å²) in [5.41, 5.74) is 1.36. The molecular weight excluding hydrogens is 426 g/mol. The van der Waals surface area contributed by atoms with E-state index in [1.165, 1.54) is 5.56 Å². The number of aliphatic hydroxyl groups is 2. The molecule has 1 spiro atoms. The highest BCUT2D eigenvalue weighted by molar-refractivity contribution is 5.76. The molecule has 1 aromatic rings. The first-order valence-corrected chi connectivity index (χ1v) is 11.8. The number of rotatable bonds is 5. The number of likely N-dealkylation sites (N-methyl/N-ethyl adjacent to an activating group) is 1. The first-order valence-electron chi connectivity index (χ1n) is 11.8. The summed E-state index contributed by atoms with van der Waals surface area (Å²) >= 11 is 0. The first kappa shape index (κ1) is 21.4. The standard InChI is InChI=1S/C25H31NO7/c1-23(2)32-17(22(28)33-23)7-11-30-16-6-8-25(29)18-12-14-4-5-15(13-27)20-19(14)24(25,21(16)31-20)9-10-26(18)3/h4-6,17-18,21,27,29H,7-13H2,1-3H3/t17?,18-,21+,24+,25-/m1/s1. The molecule has 3 aliphatic heterocycles. The van der Waals surface area contributed by atoms with Gasteiger partial charge in [0.1, 0.15) is 11.5 Å². The zero-order valence-electron chi connectivity index (χ0n) is 19.3. The number of hydrogen-bond donors (Lipinski definition) is 2. The molecule has 0 amide bonds. The molecule has 1 unspecified atom stereocenters. The van der Waals surface area contributed by atoms with Crippen molar-refractivity contribution in [2.45, 2.75) is 81.2 Å². The van der Waals surface area contributed by atoms with Gasteiger partial charge >= 0.3 is 5.97 Å². The molecule has 2 N–H and O–H groups in total. The van der Waals surface area contributed by atoms with Crippen LogP contribution in [0.1, 0.15) is 49.8 Å². The van der Waals surface area contributed by atoms with Crippen molar-refractivity contribution in [1.29, 1.82) is 0 Å². The van der Waals surface area contributed by atoms with Gasteiger partial charge in [0.05, 0.1) is 24.2 Å². The van der Waals surface area contributed by atoms with E-state index in [4.69, 9.17) is 18.9 Å². The van der Waals surface area contributed by atoms with Gasteiger partial charge in [-0.3, -0.25) is 0 Å². The van der Waals surface area contributed by atoms with Crippen molar-refractivity contribution in [2.75, 3.05) is 20.2 Å². The second kappa shape index (κ2) is 6.95. The van der Waals surface area contributed by atoms with Crippen LogP contribution in [0.25, 0.3) is 0 Å². The van der Waals surface area contributed by atoms with E-state index < -0.39 is 29.0 Å². The van der Waals surface area contributed by atoms with E-state index in [9.17, 15) is 15.0 Å². The third-order valence-electron chi connectivity index (χ3n) is 8.31. The summed E-state index contributed by atoms with van der Waals surface area (Å²) in [5.74, 6) is 0.0880. The Morgan fingerprint density at radius 1 is 1.30 bits per heavy atom. The molecule has 178 valence electrons. The predicted molar refractivity (Wildman–Crippen MR) is 116 cm³/mol. The topological polar surface area (TPSA) is 97.7 Å². The molecule has 33 heavy (non-hydrogen) atoms. The Kier molecular flexibility index (Phi) is 4.51. The fraction of sp³-hybridized carbons (Fsp3) is 0.640. The zero-order valence-corrected chi connectivity index (χ0v) is 19.3. The number of esters is 1. The summed E-state index contributed by atoms with van der Waals surface area (Å²) in [6, 6.07) is 3.99. The van der Waals surface area contributed by atoms with Crippen molar-refractivity contribution >= 4 is 5.97 Å². The molecule has 6 rings (SSSR count). The number of carbonyl (C=O) groups excluding carboxylic acids is 1. The molecule has 0 radical (unpaired) electrons. The lowest BCUT2D eigenvalue weighted by Gasteiger charge is -2.61. The molecule has 0 saturated carbocycles. The van der Waals surface area contributed by atoms with E-state index in [1.54, 1.807) is 13.8 Å². The van der Waals surface area contributed by atoms with Crippen LogP contribution in [0.2, 0.25) is 0 Å². The minimum atomic E-state index is -0.980. The van der Waals surface area contributed by atoms with Crippen LogP contribution in [-0.4, -0.2) is 70.9 Å². The number of piperidine rings is 1. The van der Waals surface area contributed by atoms with Gasteiger partial charge in [0.15, 0.2) is 12.2 Å². The van der Waals surface area contributed by atoms with E-state index in [0.29, 0.717) is 24.4 Å². The third-order valence-corrected chi connectivity index (χ3v) is 8.31. The Balaban J connectivity index is 1.33. The fourth-order valence-corrected chi connectivity index (χ4v) is 6.85. The number of ether oxygens (including phenoxy) is 4. The number of aliphatic hydroxyl groups excluding tert-OH is 1. The summed E-state index contributed by atoms with van der Waals surface area (Å²) in [6.07, 6.45) is 3.15. The number of likely N-dealkylation sites (tertiary alicyclic amines) is 1. The Hall–Kier alpha value is -2.13. The quantitative estimate of drug-likeness (QED) is 0.643. The molecule has 3 heterocycles. The van der Waals surface area contributed by atoms with E-state index in [2.05, 4.69) is 18.0 Å². The largest absolute Gasteiger partial charge is 0.494 e. The summed E-state index contributed by atoms with van der Waals surface area (Å²) in [7, 11) is 2.08. The average molecular weight is 458 g/mol. The van der Waals surface area contributed by atoms with Crippen molar-refractivity contribution in [3.8, 4) is 5.75 Å². The lowest BCUT2D eigenvalue weighted by molar-refractivity contribution is -0.166. The SMILES string of the molecule is CN1CC[C@]23c4c5ccc(CO)c4O[C@H]2C(OCCC2OC(C)(C)OC2=O)=CC[C@@]3(O)[C@H]1C5. The molecular formula is C25H31NO7. The van der Waals surface area contributed by atoms with Crippen molar-refractivity contribution in [3.63, 3.8) is 0 Å². The molecule has 2 fully saturated rings. The number of benzene rings is 1. The monoisotopic (exact) mass is 457 g/mol. The maximum absolute atomic E-state index is 12.2. The Bertz CT molecular complexity index is 1050. The highest BCUT2D eigenvalue weighted by Crippen LogP contribution is 2.64. The van der Waals surface area contributed by atoms with Gasteiger partial charge in [0, 0.05) is 43.9 Å². The maximum atomic E-state index is 12.2. The second-order valence-corrected chi connectivity index (χ2v) is 10.5. The number of cyclic esters (lactones) is 1. The van der Waals surface area contributed by atoms with Crippen molar-refractivity contribution < 1.29 is 34.0 Å². The molecule has 2 aliphatic carbocycles. The molecule has 5 aliphatic rings. The predicted octanol–water partition coefficient (Wildman–Crippen LogP) is 1.54. The average Bonchev–Trinajstić information content (AvgIpc) is 3.25. The van der Waals surface area contributed by atoms with E-state index in [0.717, 1.165) is 30.5 Å². The molecule has 8 nitrogen and oxygen atoms in total.